The van der Waals surface area contributed by atoms with Crippen LogP contribution in [0, 0.1) is 5.92 Å². The highest BCUT2D eigenvalue weighted by atomic mass is 16.5. The fourth-order valence-electron chi connectivity index (χ4n) is 2.73. The summed E-state index contributed by atoms with van der Waals surface area (Å²) in [5, 5.41) is 11.8. The second-order valence-electron chi connectivity index (χ2n) is 6.32. The van der Waals surface area contributed by atoms with Crippen molar-refractivity contribution in [1.82, 2.24) is 5.32 Å². The van der Waals surface area contributed by atoms with Gasteiger partial charge in [0, 0.05) is 0 Å². The maximum absolute atomic E-state index is 12.2. The molecule has 5 nitrogen and oxygen atoms in total. The predicted molar refractivity (Wildman–Crippen MR) is 81.1 cm³/mol. The maximum atomic E-state index is 12.2. The first-order valence-electron chi connectivity index (χ1n) is 8.12. The van der Waals surface area contributed by atoms with Gasteiger partial charge >= 0.3 is 5.97 Å². The van der Waals surface area contributed by atoms with Crippen LogP contribution in [0.2, 0.25) is 0 Å². The molecule has 2 N–H and O–H groups in total. The number of hydrogen-bond acceptors (Lipinski definition) is 3. The summed E-state index contributed by atoms with van der Waals surface area (Å²) in [7, 11) is 0. The van der Waals surface area contributed by atoms with Crippen LogP contribution < -0.4 is 5.32 Å². The number of ether oxygens (including phenoxy) is 1. The number of aliphatic carboxylic acids is 1. The summed E-state index contributed by atoms with van der Waals surface area (Å²) < 4.78 is 5.88. The SMILES string of the molecule is CCC(OC1CCCCC1)C(=O)N[C@H](CC(C)C)C(=O)O. The minimum atomic E-state index is -0.982. The second kappa shape index (κ2) is 9.03. The Bertz CT molecular complexity index is 337. The van der Waals surface area contributed by atoms with E-state index in [0.29, 0.717) is 12.8 Å². The van der Waals surface area contributed by atoms with Crippen LogP contribution in [0.4, 0.5) is 0 Å². The van der Waals surface area contributed by atoms with Crippen molar-refractivity contribution in [2.24, 2.45) is 5.92 Å². The number of carbonyl (C=O) groups excluding carboxylic acids is 1. The van der Waals surface area contributed by atoms with Crippen LogP contribution in [0.15, 0.2) is 0 Å². The van der Waals surface area contributed by atoms with E-state index in [1.54, 1.807) is 0 Å². The van der Waals surface area contributed by atoms with Gasteiger partial charge in [0.1, 0.15) is 12.1 Å². The lowest BCUT2D eigenvalue weighted by atomic mass is 9.97. The van der Waals surface area contributed by atoms with Crippen LogP contribution in [0.5, 0.6) is 0 Å². The first-order chi connectivity index (χ1) is 9.93. The topological polar surface area (TPSA) is 75.6 Å². The molecule has 1 saturated carbocycles. The number of rotatable bonds is 8. The van der Waals surface area contributed by atoms with Gasteiger partial charge in [-0.15, -0.1) is 0 Å². The van der Waals surface area contributed by atoms with E-state index in [1.165, 1.54) is 6.42 Å². The minimum absolute atomic E-state index is 0.142. The normalized spacial score (nSPS) is 19.2. The highest BCUT2D eigenvalue weighted by Gasteiger charge is 2.27. The second-order valence-corrected chi connectivity index (χ2v) is 6.32. The summed E-state index contributed by atoms with van der Waals surface area (Å²) in [6, 6.07) is -0.832. The molecule has 1 rings (SSSR count). The molecule has 0 aromatic heterocycles. The molecule has 0 radical (unpaired) electrons. The maximum Gasteiger partial charge on any atom is 0.326 e. The predicted octanol–water partition coefficient (Wildman–Crippen LogP) is 2.73. The lowest BCUT2D eigenvalue weighted by molar-refractivity contribution is -0.147. The van der Waals surface area contributed by atoms with Gasteiger partial charge < -0.3 is 15.2 Å². The van der Waals surface area contributed by atoms with Crippen LogP contribution in [-0.2, 0) is 14.3 Å². The molecule has 5 heteroatoms. The third-order valence-electron chi connectivity index (χ3n) is 3.89. The molecular weight excluding hydrogens is 270 g/mol. The number of carbonyl (C=O) groups is 2. The van der Waals surface area contributed by atoms with E-state index in [-0.39, 0.29) is 17.9 Å². The lowest BCUT2D eigenvalue weighted by Crippen LogP contribution is -2.47. The van der Waals surface area contributed by atoms with Crippen molar-refractivity contribution in [2.75, 3.05) is 0 Å². The fraction of sp³-hybridized carbons (Fsp3) is 0.875. The molecule has 0 heterocycles. The largest absolute Gasteiger partial charge is 0.480 e. The van der Waals surface area contributed by atoms with E-state index in [9.17, 15) is 14.7 Å². The Balaban J connectivity index is 2.53. The highest BCUT2D eigenvalue weighted by Crippen LogP contribution is 2.22. The Labute approximate surface area is 127 Å². The van der Waals surface area contributed by atoms with Gasteiger partial charge in [-0.1, -0.05) is 40.0 Å². The van der Waals surface area contributed by atoms with Crippen LogP contribution in [0.25, 0.3) is 0 Å². The number of carboxylic acids is 1. The fourth-order valence-corrected chi connectivity index (χ4v) is 2.73. The van der Waals surface area contributed by atoms with Gasteiger partial charge in [0.2, 0.25) is 5.91 Å². The van der Waals surface area contributed by atoms with Gasteiger partial charge in [0.25, 0.3) is 0 Å². The van der Waals surface area contributed by atoms with Crippen LogP contribution in [-0.4, -0.2) is 35.2 Å². The Morgan fingerprint density at radius 3 is 2.33 bits per heavy atom. The zero-order chi connectivity index (χ0) is 15.8. The van der Waals surface area contributed by atoms with Gasteiger partial charge in [-0.05, 0) is 31.6 Å². The Hall–Kier alpha value is -1.10. The van der Waals surface area contributed by atoms with Gasteiger partial charge in [0.15, 0.2) is 0 Å². The zero-order valence-corrected chi connectivity index (χ0v) is 13.4. The molecule has 0 saturated heterocycles. The molecule has 0 aromatic rings. The molecule has 0 bridgehead atoms. The molecule has 0 spiro atoms. The molecule has 0 aliphatic heterocycles. The van der Waals surface area contributed by atoms with Gasteiger partial charge in [-0.2, -0.15) is 0 Å². The van der Waals surface area contributed by atoms with Crippen molar-refractivity contribution in [3.63, 3.8) is 0 Å². The van der Waals surface area contributed by atoms with Gasteiger partial charge in [-0.25, -0.2) is 4.79 Å². The summed E-state index contributed by atoms with van der Waals surface area (Å²) in [6.45, 7) is 5.78. The summed E-state index contributed by atoms with van der Waals surface area (Å²) in [6.07, 6.45) is 6.12. The number of carboxylic acid groups (broad SMARTS) is 1. The van der Waals surface area contributed by atoms with Crippen molar-refractivity contribution in [1.29, 1.82) is 0 Å². The first kappa shape index (κ1) is 18.0. The van der Waals surface area contributed by atoms with Gasteiger partial charge in [-0.3, -0.25) is 4.79 Å². The van der Waals surface area contributed by atoms with Crippen molar-refractivity contribution >= 4 is 11.9 Å². The molecule has 122 valence electrons. The summed E-state index contributed by atoms with van der Waals surface area (Å²) in [4.78, 5) is 23.5. The first-order valence-corrected chi connectivity index (χ1v) is 8.12. The minimum Gasteiger partial charge on any atom is -0.480 e. The molecular formula is C16H29NO4. The lowest BCUT2D eigenvalue weighted by Gasteiger charge is -2.27. The van der Waals surface area contributed by atoms with E-state index < -0.39 is 18.1 Å². The number of nitrogens with one attached hydrogen (secondary N) is 1. The Morgan fingerprint density at radius 1 is 1.24 bits per heavy atom. The molecule has 1 aliphatic carbocycles. The monoisotopic (exact) mass is 299 g/mol. The average molecular weight is 299 g/mol. The molecule has 1 fully saturated rings. The standard InChI is InChI=1S/C16H29NO4/c1-4-14(21-12-8-6-5-7-9-12)15(18)17-13(16(19)20)10-11(2)3/h11-14H,4-10H2,1-3H3,(H,17,18)(H,19,20)/t13-,14?/m1/s1. The Kier molecular flexibility index (Phi) is 7.72. The van der Waals surface area contributed by atoms with Crippen LogP contribution in [0.1, 0.15) is 65.7 Å². The highest BCUT2D eigenvalue weighted by molar-refractivity contribution is 5.86. The van der Waals surface area contributed by atoms with Crippen molar-refractivity contribution in [3.05, 3.63) is 0 Å². The van der Waals surface area contributed by atoms with Crippen molar-refractivity contribution in [2.45, 2.75) is 84.0 Å². The molecule has 0 aromatic carbocycles. The van der Waals surface area contributed by atoms with Crippen molar-refractivity contribution in [3.8, 4) is 0 Å². The van der Waals surface area contributed by atoms with Crippen LogP contribution in [0.3, 0.4) is 0 Å². The zero-order valence-electron chi connectivity index (χ0n) is 13.4. The smallest absolute Gasteiger partial charge is 0.326 e. The summed E-state index contributed by atoms with van der Waals surface area (Å²) >= 11 is 0. The molecule has 1 amide bonds. The molecule has 21 heavy (non-hydrogen) atoms. The number of hydrogen-bond donors (Lipinski definition) is 2. The van der Waals surface area contributed by atoms with Gasteiger partial charge in [0.05, 0.1) is 6.10 Å². The van der Waals surface area contributed by atoms with E-state index >= 15 is 0 Å². The van der Waals surface area contributed by atoms with E-state index in [2.05, 4.69) is 5.32 Å². The Morgan fingerprint density at radius 2 is 1.86 bits per heavy atom. The van der Waals surface area contributed by atoms with Crippen LogP contribution >= 0.6 is 0 Å². The van der Waals surface area contributed by atoms with E-state index in [0.717, 1.165) is 25.7 Å². The number of amides is 1. The summed E-state index contributed by atoms with van der Waals surface area (Å²) in [5.41, 5.74) is 0. The third-order valence-corrected chi connectivity index (χ3v) is 3.89. The van der Waals surface area contributed by atoms with E-state index in [4.69, 9.17) is 4.74 Å². The molecule has 2 atom stereocenters. The quantitative estimate of drug-likeness (QED) is 0.722. The molecule has 1 aliphatic rings. The summed E-state index contributed by atoms with van der Waals surface area (Å²) in [5.74, 6) is -1.06. The molecule has 1 unspecified atom stereocenters. The van der Waals surface area contributed by atoms with Crippen molar-refractivity contribution < 1.29 is 19.4 Å². The van der Waals surface area contributed by atoms with E-state index in [1.807, 2.05) is 20.8 Å². The average Bonchev–Trinajstić information content (AvgIpc) is 2.44. The third kappa shape index (κ3) is 6.46.